The Hall–Kier alpha value is -2.25. The number of aliphatic hydroxyl groups excluding tert-OH is 1. The van der Waals surface area contributed by atoms with Crippen molar-refractivity contribution in [2.75, 3.05) is 0 Å². The van der Waals surface area contributed by atoms with Gasteiger partial charge in [-0.1, -0.05) is 32.4 Å². The second-order valence-electron chi connectivity index (χ2n) is 15.2. The monoisotopic (exact) mass is 638 g/mol. The number of allylic oxidation sites excluding steroid dienone is 2. The van der Waals surface area contributed by atoms with Crippen molar-refractivity contribution in [3.05, 3.63) is 23.8 Å². The molecule has 0 bridgehead atoms. The summed E-state index contributed by atoms with van der Waals surface area (Å²) in [5.74, 6) is -3.92. The summed E-state index contributed by atoms with van der Waals surface area (Å²) in [6.07, 6.45) is 2.23. The van der Waals surface area contributed by atoms with Gasteiger partial charge in [0, 0.05) is 30.1 Å². The van der Waals surface area contributed by atoms with Crippen molar-refractivity contribution in [3.63, 3.8) is 0 Å². The van der Waals surface area contributed by atoms with Gasteiger partial charge in [0.25, 0.3) is 0 Å². The van der Waals surface area contributed by atoms with Crippen LogP contribution < -0.4 is 0 Å². The molecule has 4 rings (SSSR count). The van der Waals surface area contributed by atoms with Gasteiger partial charge in [-0.2, -0.15) is 8.42 Å². The average Bonchev–Trinajstić information content (AvgIpc) is 3.04. The highest BCUT2D eigenvalue weighted by Gasteiger charge is 2.74. The summed E-state index contributed by atoms with van der Waals surface area (Å²) in [6, 6.07) is 0. The largest absolute Gasteiger partial charge is 0.456 e. The molecule has 0 aromatic carbocycles. The zero-order valence-electron chi connectivity index (χ0n) is 27.0. The van der Waals surface area contributed by atoms with Gasteiger partial charge in [-0.15, -0.1) is 0 Å². The van der Waals surface area contributed by atoms with Crippen LogP contribution in [0.25, 0.3) is 0 Å². The highest BCUT2D eigenvalue weighted by atomic mass is 32.3. The molecule has 44 heavy (non-hydrogen) atoms. The van der Waals surface area contributed by atoms with Crippen LogP contribution in [0.4, 0.5) is 0 Å². The van der Waals surface area contributed by atoms with Gasteiger partial charge in [0.15, 0.2) is 11.6 Å². The standard InChI is InChI=1S/C32H46O11S/c1-17(33)42-27(2,3)13-12-23(35)32(9,38)25-20(34)15-29(6)22-11-10-18-19(31(22,8)24(36)16-30(25,29)7)14-21(43-44(39,40)41)26(37)28(18,4)5/h10,12-13,19-22,25,34,38H,11,14-16H2,1-9H3,(H,39,40,41)/b13-12+/t19-,20-,21+,22+,25+,29+,30-,31+,32+/m1/s1. The maximum Gasteiger partial charge on any atom is 0.398 e. The van der Waals surface area contributed by atoms with E-state index in [1.54, 1.807) is 27.7 Å². The first-order valence-electron chi connectivity index (χ1n) is 15.0. The zero-order valence-corrected chi connectivity index (χ0v) is 27.8. The molecule has 0 radical (unpaired) electrons. The van der Waals surface area contributed by atoms with Crippen LogP contribution in [-0.4, -0.2) is 69.9 Å². The number of hydrogen-bond acceptors (Lipinski definition) is 10. The van der Waals surface area contributed by atoms with E-state index in [-0.39, 0.29) is 25.0 Å². The predicted molar refractivity (Wildman–Crippen MR) is 158 cm³/mol. The molecule has 4 aliphatic rings. The lowest BCUT2D eigenvalue weighted by Crippen LogP contribution is -2.65. The first-order chi connectivity index (χ1) is 19.8. The van der Waals surface area contributed by atoms with Gasteiger partial charge in [0.2, 0.25) is 0 Å². The summed E-state index contributed by atoms with van der Waals surface area (Å²) in [5, 5.41) is 23.4. The number of fused-ring (bicyclic) bond motifs is 5. The fourth-order valence-electron chi connectivity index (χ4n) is 9.61. The number of esters is 1. The Morgan fingerprint density at radius 3 is 2.20 bits per heavy atom. The van der Waals surface area contributed by atoms with Crippen molar-refractivity contribution in [1.82, 2.24) is 0 Å². The SMILES string of the molecule is CC(=O)OC(C)(C)/C=C/C(=O)[C@](C)(O)[C@H]1[C@H](O)C[C@@]2(C)[C@@H]3CC=C4[C@@H](C[C@H](OS(=O)(=O)O)C(=O)C4(C)C)[C@]3(C)C(=O)C[C@]12C. The molecule has 0 spiro atoms. The van der Waals surface area contributed by atoms with Gasteiger partial charge in [0.1, 0.15) is 23.1 Å². The maximum absolute atomic E-state index is 14.5. The summed E-state index contributed by atoms with van der Waals surface area (Å²) in [7, 11) is -4.95. The Balaban J connectivity index is 1.76. The van der Waals surface area contributed by atoms with Gasteiger partial charge >= 0.3 is 16.4 Å². The van der Waals surface area contributed by atoms with Gasteiger partial charge in [-0.3, -0.25) is 23.7 Å². The van der Waals surface area contributed by atoms with E-state index in [0.29, 0.717) is 6.42 Å². The summed E-state index contributed by atoms with van der Waals surface area (Å²) in [6.45, 7) is 14.7. The summed E-state index contributed by atoms with van der Waals surface area (Å²) in [5.41, 5.74) is -6.52. The number of ketones is 3. The van der Waals surface area contributed by atoms with Crippen molar-refractivity contribution >= 4 is 33.7 Å². The van der Waals surface area contributed by atoms with Gasteiger partial charge in [-0.25, -0.2) is 4.18 Å². The van der Waals surface area contributed by atoms with Gasteiger partial charge < -0.3 is 14.9 Å². The normalized spacial score (nSPS) is 40.0. The molecule has 0 amide bonds. The summed E-state index contributed by atoms with van der Waals surface area (Å²) < 4.78 is 42.8. The molecule has 0 aliphatic heterocycles. The van der Waals surface area contributed by atoms with Crippen molar-refractivity contribution in [2.45, 2.75) is 111 Å². The van der Waals surface area contributed by atoms with Crippen molar-refractivity contribution < 1.29 is 51.3 Å². The molecule has 3 saturated carbocycles. The third-order valence-corrected chi connectivity index (χ3v) is 12.2. The molecule has 0 aromatic heterocycles. The fourth-order valence-corrected chi connectivity index (χ4v) is 10.1. The molecule has 3 fully saturated rings. The van der Waals surface area contributed by atoms with E-state index in [2.05, 4.69) is 0 Å². The zero-order chi connectivity index (χ0) is 33.6. The van der Waals surface area contributed by atoms with Crippen molar-refractivity contribution in [3.8, 4) is 0 Å². The Morgan fingerprint density at radius 2 is 1.66 bits per heavy atom. The number of carbonyl (C=O) groups is 4. The quantitative estimate of drug-likeness (QED) is 0.161. The first-order valence-corrected chi connectivity index (χ1v) is 16.4. The van der Waals surface area contributed by atoms with Crippen LogP contribution >= 0.6 is 0 Å². The summed E-state index contributed by atoms with van der Waals surface area (Å²) >= 11 is 0. The lowest BCUT2D eigenvalue weighted by molar-refractivity contribution is -0.183. The second-order valence-corrected chi connectivity index (χ2v) is 16.3. The molecule has 0 unspecified atom stereocenters. The minimum absolute atomic E-state index is 0.0771. The topological polar surface area (TPSA) is 182 Å². The minimum Gasteiger partial charge on any atom is -0.456 e. The molecule has 0 saturated heterocycles. The average molecular weight is 639 g/mol. The molecule has 246 valence electrons. The summed E-state index contributed by atoms with van der Waals surface area (Å²) in [4.78, 5) is 52.7. The minimum atomic E-state index is -4.95. The van der Waals surface area contributed by atoms with Crippen LogP contribution in [0, 0.1) is 39.4 Å². The van der Waals surface area contributed by atoms with E-state index >= 15 is 0 Å². The highest BCUT2D eigenvalue weighted by Crippen LogP contribution is 2.74. The Morgan fingerprint density at radius 1 is 1.07 bits per heavy atom. The maximum atomic E-state index is 14.5. The van der Waals surface area contributed by atoms with E-state index in [9.17, 15) is 42.4 Å². The number of hydrogen-bond donors (Lipinski definition) is 3. The number of carbonyl (C=O) groups excluding carboxylic acids is 4. The van der Waals surface area contributed by atoms with Crippen LogP contribution in [0.2, 0.25) is 0 Å². The molecule has 9 atom stereocenters. The second kappa shape index (κ2) is 10.4. The van der Waals surface area contributed by atoms with E-state index in [0.717, 1.165) is 11.6 Å². The van der Waals surface area contributed by atoms with Crippen molar-refractivity contribution in [2.24, 2.45) is 39.4 Å². The predicted octanol–water partition coefficient (Wildman–Crippen LogP) is 3.33. The van der Waals surface area contributed by atoms with Gasteiger partial charge in [0.05, 0.1) is 6.10 Å². The molecule has 0 aromatic rings. The molecule has 12 heteroatoms. The lowest BCUT2D eigenvalue weighted by atomic mass is 9.38. The Kier molecular flexibility index (Phi) is 8.17. The van der Waals surface area contributed by atoms with Crippen molar-refractivity contribution in [1.29, 1.82) is 0 Å². The van der Waals surface area contributed by atoms with Crippen LogP contribution in [0.1, 0.15) is 88.0 Å². The number of ether oxygens (including phenoxy) is 1. The molecule has 0 heterocycles. The number of Topliss-reactive ketones (excluding diaryl/α,β-unsaturated/α-hetero) is 2. The molecular weight excluding hydrogens is 592 g/mol. The van der Waals surface area contributed by atoms with Crippen LogP contribution in [0.3, 0.4) is 0 Å². The lowest BCUT2D eigenvalue weighted by Gasteiger charge is -2.64. The third kappa shape index (κ3) is 5.14. The van der Waals surface area contributed by atoms with Crippen LogP contribution in [-0.2, 0) is 38.5 Å². The molecular formula is C32H46O11S. The molecule has 4 aliphatic carbocycles. The van der Waals surface area contributed by atoms with Crippen LogP contribution in [0.5, 0.6) is 0 Å². The Labute approximate surface area is 259 Å². The number of aliphatic hydroxyl groups is 2. The molecule has 11 nitrogen and oxygen atoms in total. The first kappa shape index (κ1) is 34.6. The van der Waals surface area contributed by atoms with E-state index < -0.39 is 90.8 Å². The van der Waals surface area contributed by atoms with Crippen LogP contribution in [0.15, 0.2) is 23.8 Å². The molecule has 3 N–H and O–H groups in total. The number of rotatable bonds is 7. The van der Waals surface area contributed by atoms with Gasteiger partial charge in [-0.05, 0) is 88.7 Å². The van der Waals surface area contributed by atoms with E-state index in [1.807, 2.05) is 26.8 Å². The van der Waals surface area contributed by atoms with E-state index in [4.69, 9.17) is 8.92 Å². The fraction of sp³-hybridized carbons (Fsp3) is 0.750. The third-order valence-electron chi connectivity index (χ3n) is 11.8. The highest BCUT2D eigenvalue weighted by molar-refractivity contribution is 7.80. The Bertz CT molecular complexity index is 1450. The smallest absolute Gasteiger partial charge is 0.398 e. The van der Waals surface area contributed by atoms with E-state index in [1.165, 1.54) is 19.9 Å².